The Balaban J connectivity index is 2.18. The number of nitrogens with zero attached hydrogens (tertiary/aromatic N) is 4. The molecule has 3 rings (SSSR count). The van der Waals surface area contributed by atoms with Gasteiger partial charge in [-0.05, 0) is 24.6 Å². The van der Waals surface area contributed by atoms with Crippen molar-refractivity contribution < 1.29 is 4.74 Å². The lowest BCUT2D eigenvalue weighted by molar-refractivity contribution is 0.295. The molecule has 5 heteroatoms. The van der Waals surface area contributed by atoms with Crippen LogP contribution in [0, 0.1) is 0 Å². The van der Waals surface area contributed by atoms with E-state index in [1.54, 1.807) is 24.5 Å². The number of allylic oxidation sites excluding steroid dienone is 2. The van der Waals surface area contributed by atoms with Crippen LogP contribution in [0.5, 0.6) is 0 Å². The van der Waals surface area contributed by atoms with Crippen molar-refractivity contribution in [3.63, 3.8) is 0 Å². The van der Waals surface area contributed by atoms with Gasteiger partial charge in [-0.1, -0.05) is 12.2 Å². The molecule has 5 nitrogen and oxygen atoms in total. The van der Waals surface area contributed by atoms with Crippen LogP contribution >= 0.6 is 0 Å². The zero-order valence-corrected chi connectivity index (χ0v) is 10.1. The van der Waals surface area contributed by atoms with Crippen LogP contribution in [0.2, 0.25) is 0 Å². The Morgan fingerprint density at radius 1 is 1.32 bits per heavy atom. The van der Waals surface area contributed by atoms with Crippen molar-refractivity contribution in [1.29, 1.82) is 0 Å². The van der Waals surface area contributed by atoms with Gasteiger partial charge in [-0.25, -0.2) is 4.99 Å². The normalized spacial score (nSPS) is 16.9. The highest BCUT2D eigenvalue weighted by molar-refractivity contribution is 5.58. The molecule has 92 valence electrons. The third kappa shape index (κ3) is 2.41. The number of aliphatic imine (C=N–C) groups is 1. The Morgan fingerprint density at radius 2 is 2.26 bits per heavy atom. The van der Waals surface area contributed by atoms with Gasteiger partial charge in [-0.15, -0.1) is 0 Å². The second-order valence-corrected chi connectivity index (χ2v) is 3.89. The minimum atomic E-state index is 0.250. The predicted molar refractivity (Wildman–Crippen MR) is 69.8 cm³/mol. The minimum Gasteiger partial charge on any atom is -0.420 e. The fraction of sp³-hybridized carbons (Fsp3) is 0.0714. The van der Waals surface area contributed by atoms with E-state index in [1.165, 1.54) is 0 Å². The first-order valence-electron chi connectivity index (χ1n) is 5.72. The summed E-state index contributed by atoms with van der Waals surface area (Å²) < 4.78 is 5.54. The topological polar surface area (TPSA) is 59.2 Å². The summed E-state index contributed by atoms with van der Waals surface area (Å²) in [6.45, 7) is 4.21. The molecule has 0 atom stereocenters. The van der Waals surface area contributed by atoms with Gasteiger partial charge < -0.3 is 4.74 Å². The number of rotatable bonds is 0. The molecule has 2 aliphatic heterocycles. The zero-order chi connectivity index (χ0) is 13.1. The van der Waals surface area contributed by atoms with Gasteiger partial charge in [0.05, 0.1) is 18.1 Å². The van der Waals surface area contributed by atoms with Gasteiger partial charge in [-0.2, -0.15) is 4.99 Å². The lowest BCUT2D eigenvalue weighted by Crippen LogP contribution is -2.26. The van der Waals surface area contributed by atoms with Crippen LogP contribution in [-0.2, 0) is 4.74 Å². The summed E-state index contributed by atoms with van der Waals surface area (Å²) >= 11 is 0. The van der Waals surface area contributed by atoms with Crippen molar-refractivity contribution in [3.05, 3.63) is 71.3 Å². The molecule has 3 heterocycles. The Kier molecular flexibility index (Phi) is 2.88. The number of pyridine rings is 1. The van der Waals surface area contributed by atoms with Crippen LogP contribution in [0.3, 0.4) is 0 Å². The second-order valence-electron chi connectivity index (χ2n) is 3.89. The monoisotopic (exact) mass is 250 g/mol. The first-order chi connectivity index (χ1) is 9.33. The van der Waals surface area contributed by atoms with Crippen molar-refractivity contribution >= 4 is 5.87 Å². The average molecular weight is 250 g/mol. The van der Waals surface area contributed by atoms with Crippen LogP contribution in [0.15, 0.2) is 75.6 Å². The fourth-order valence-electron chi connectivity index (χ4n) is 1.69. The van der Waals surface area contributed by atoms with E-state index in [-0.39, 0.29) is 5.88 Å². The lowest BCUT2D eigenvalue weighted by Gasteiger charge is -2.05. The standard InChI is InChI=1S/C14H10N4O/c1-10-18-13-9-15-7-5-12(13)17-8-11-4-2-3-6-16-14(11)19-10/h2-5,7,9H,1,8H2. The maximum atomic E-state index is 5.54. The molecule has 2 aliphatic rings. The van der Waals surface area contributed by atoms with E-state index in [0.717, 1.165) is 10.9 Å². The second kappa shape index (κ2) is 4.84. The van der Waals surface area contributed by atoms with Crippen LogP contribution in [0.25, 0.3) is 0 Å². The third-order valence-corrected chi connectivity index (χ3v) is 2.57. The molecule has 0 aliphatic carbocycles. The summed E-state index contributed by atoms with van der Waals surface area (Å²) in [5.74, 6) is 3.42. The van der Waals surface area contributed by atoms with E-state index in [4.69, 9.17) is 4.74 Å². The van der Waals surface area contributed by atoms with E-state index in [0.29, 0.717) is 17.8 Å². The van der Waals surface area contributed by atoms with Gasteiger partial charge in [0.1, 0.15) is 5.36 Å². The van der Waals surface area contributed by atoms with Crippen molar-refractivity contribution in [2.75, 3.05) is 6.54 Å². The number of hydrogen-bond acceptors (Lipinski definition) is 5. The van der Waals surface area contributed by atoms with Gasteiger partial charge in [0.15, 0.2) is 0 Å². The van der Waals surface area contributed by atoms with E-state index in [1.807, 2.05) is 12.2 Å². The number of fused-ring (bicyclic) bond motifs is 1. The van der Waals surface area contributed by atoms with Crippen molar-refractivity contribution in [3.8, 4) is 0 Å². The summed E-state index contributed by atoms with van der Waals surface area (Å²) in [6.07, 6.45) is 8.75. The average Bonchev–Trinajstić information content (AvgIpc) is 2.59. The Hall–Kier alpha value is -2.78. The molecule has 0 spiro atoms. The molecule has 0 bridgehead atoms. The molecule has 1 aromatic heterocycles. The smallest absolute Gasteiger partial charge is 0.234 e. The maximum absolute atomic E-state index is 5.54. The van der Waals surface area contributed by atoms with Crippen molar-refractivity contribution in [2.45, 2.75) is 0 Å². The van der Waals surface area contributed by atoms with Crippen LogP contribution < -0.4 is 10.7 Å². The first-order valence-corrected chi connectivity index (χ1v) is 5.72. The van der Waals surface area contributed by atoms with E-state index < -0.39 is 0 Å². The lowest BCUT2D eigenvalue weighted by atomic mass is 10.2. The Labute approximate surface area is 109 Å². The summed E-state index contributed by atoms with van der Waals surface area (Å²) in [5, 5.41) is 1.39. The fourth-order valence-corrected chi connectivity index (χ4v) is 1.69. The number of ether oxygens (including phenoxy) is 1. The molecule has 0 aromatic carbocycles. The summed E-state index contributed by atoms with van der Waals surface area (Å²) in [5.41, 5.74) is 0.849. The number of aromatic nitrogens is 1. The van der Waals surface area contributed by atoms with Gasteiger partial charge in [-0.3, -0.25) is 9.98 Å². The van der Waals surface area contributed by atoms with E-state index in [2.05, 4.69) is 32.4 Å². The summed E-state index contributed by atoms with van der Waals surface area (Å²) in [6, 6.07) is 1.81. The maximum Gasteiger partial charge on any atom is 0.234 e. The highest BCUT2D eigenvalue weighted by Crippen LogP contribution is 2.15. The number of hydrogen-bond donors (Lipinski definition) is 0. The minimum absolute atomic E-state index is 0.250. The van der Waals surface area contributed by atoms with Crippen molar-refractivity contribution in [2.24, 2.45) is 15.0 Å². The van der Waals surface area contributed by atoms with Gasteiger partial charge in [0.2, 0.25) is 11.8 Å². The molecule has 0 unspecified atom stereocenters. The molecule has 0 radical (unpaired) electrons. The summed E-state index contributed by atoms with van der Waals surface area (Å²) in [7, 11) is 0. The molecule has 0 saturated carbocycles. The van der Waals surface area contributed by atoms with Crippen molar-refractivity contribution in [1.82, 2.24) is 4.98 Å². The molecule has 0 N–H and O–H groups in total. The zero-order valence-electron chi connectivity index (χ0n) is 10.1. The van der Waals surface area contributed by atoms with Crippen LogP contribution in [0.4, 0.5) is 0 Å². The van der Waals surface area contributed by atoms with E-state index in [9.17, 15) is 0 Å². The summed E-state index contributed by atoms with van der Waals surface area (Å²) in [4.78, 5) is 16.9. The molecule has 0 fully saturated rings. The van der Waals surface area contributed by atoms with Crippen LogP contribution in [0.1, 0.15) is 0 Å². The SMILES string of the molecule is C=C1N=c2cnccc2=NCC2=C(N=C=CC=C2)O1. The molecule has 19 heavy (non-hydrogen) atoms. The largest absolute Gasteiger partial charge is 0.420 e. The van der Waals surface area contributed by atoms with Gasteiger partial charge >= 0.3 is 0 Å². The third-order valence-electron chi connectivity index (χ3n) is 2.57. The molecular formula is C14H10N4O. The highest BCUT2D eigenvalue weighted by Gasteiger charge is 2.09. The quantitative estimate of drug-likeness (QED) is 0.684. The van der Waals surface area contributed by atoms with Gasteiger partial charge in [0, 0.05) is 11.8 Å². The first kappa shape index (κ1) is 11.3. The Morgan fingerprint density at radius 3 is 3.21 bits per heavy atom. The molecular weight excluding hydrogens is 240 g/mol. The Bertz CT molecular complexity index is 780. The van der Waals surface area contributed by atoms with Gasteiger partial charge in [0.25, 0.3) is 0 Å². The molecule has 0 saturated heterocycles. The molecule has 0 amide bonds. The molecule has 1 aromatic rings. The van der Waals surface area contributed by atoms with Crippen LogP contribution in [-0.4, -0.2) is 17.4 Å². The highest BCUT2D eigenvalue weighted by atomic mass is 16.5. The van der Waals surface area contributed by atoms with E-state index >= 15 is 0 Å². The predicted octanol–water partition coefficient (Wildman–Crippen LogP) is 0.830.